The Morgan fingerprint density at radius 3 is 2.56 bits per heavy atom. The third-order valence-corrected chi connectivity index (χ3v) is 4.57. The van der Waals surface area contributed by atoms with E-state index in [9.17, 15) is 10.1 Å². The summed E-state index contributed by atoms with van der Waals surface area (Å²) in [5.41, 5.74) is 0.358. The smallest absolute Gasteiger partial charge is 0.267 e. The molecule has 0 unspecified atom stereocenters. The lowest BCUT2D eigenvalue weighted by atomic mass is 10.2. The Morgan fingerprint density at radius 1 is 1.19 bits per heavy atom. The van der Waals surface area contributed by atoms with Crippen molar-refractivity contribution in [3.63, 3.8) is 0 Å². The maximum atomic E-state index is 12.4. The van der Waals surface area contributed by atoms with Crippen molar-refractivity contribution in [2.24, 2.45) is 0 Å². The first kappa shape index (κ1) is 19.0. The number of aromatic nitrogens is 2. The molecule has 0 saturated carbocycles. The van der Waals surface area contributed by atoms with Crippen LogP contribution >= 0.6 is 23.2 Å². The van der Waals surface area contributed by atoms with Crippen LogP contribution in [0.3, 0.4) is 0 Å². The zero-order valence-corrected chi connectivity index (χ0v) is 15.8. The van der Waals surface area contributed by atoms with Crippen LogP contribution in [0.5, 0.6) is 0 Å². The predicted octanol–water partition coefficient (Wildman–Crippen LogP) is 2.95. The van der Waals surface area contributed by atoms with Crippen LogP contribution in [-0.2, 0) is 4.79 Å². The van der Waals surface area contributed by atoms with Gasteiger partial charge in [-0.25, -0.2) is 9.97 Å². The summed E-state index contributed by atoms with van der Waals surface area (Å²) in [6.45, 7) is 2.69. The molecule has 9 heteroatoms. The van der Waals surface area contributed by atoms with Crippen molar-refractivity contribution in [3.05, 3.63) is 58.5 Å². The monoisotopic (exact) mass is 402 g/mol. The molecule has 1 aliphatic rings. The van der Waals surface area contributed by atoms with Gasteiger partial charge in [0.1, 0.15) is 11.6 Å². The summed E-state index contributed by atoms with van der Waals surface area (Å²) in [6, 6.07) is 8.45. The van der Waals surface area contributed by atoms with Crippen molar-refractivity contribution in [2.75, 3.05) is 36.4 Å². The summed E-state index contributed by atoms with van der Waals surface area (Å²) in [4.78, 5) is 24.9. The number of anilines is 2. The zero-order valence-electron chi connectivity index (χ0n) is 14.3. The quantitative estimate of drug-likeness (QED) is 0.624. The Balaban J connectivity index is 1.64. The van der Waals surface area contributed by atoms with E-state index in [-0.39, 0.29) is 5.57 Å². The lowest BCUT2D eigenvalue weighted by Gasteiger charge is -2.34. The van der Waals surface area contributed by atoms with Crippen molar-refractivity contribution >= 4 is 40.7 Å². The van der Waals surface area contributed by atoms with Crippen LogP contribution in [0.1, 0.15) is 0 Å². The van der Waals surface area contributed by atoms with E-state index < -0.39 is 5.91 Å². The molecule has 0 radical (unpaired) electrons. The standard InChI is InChI=1S/C18H16Cl2N6O/c19-14-2-3-15(20)16(10-14)24-17(27)13(11-21)12-25-6-8-26(9-7-25)18-22-4-1-5-23-18/h1-5,10,12H,6-9H2,(H,24,27)/b13-12-. The van der Waals surface area contributed by atoms with E-state index in [4.69, 9.17) is 23.2 Å². The van der Waals surface area contributed by atoms with E-state index in [1.165, 1.54) is 6.07 Å². The van der Waals surface area contributed by atoms with E-state index >= 15 is 0 Å². The van der Waals surface area contributed by atoms with Gasteiger partial charge in [-0.3, -0.25) is 4.79 Å². The highest BCUT2D eigenvalue weighted by Crippen LogP contribution is 2.25. The number of halogens is 2. The summed E-state index contributed by atoms with van der Waals surface area (Å²) in [6.07, 6.45) is 4.97. The van der Waals surface area contributed by atoms with Crippen LogP contribution in [0, 0.1) is 11.3 Å². The Labute approximate surface area is 166 Å². The van der Waals surface area contributed by atoms with Crippen molar-refractivity contribution < 1.29 is 4.79 Å². The molecule has 3 rings (SSSR count). The maximum absolute atomic E-state index is 12.4. The lowest BCUT2D eigenvalue weighted by molar-refractivity contribution is -0.112. The average molecular weight is 403 g/mol. The van der Waals surface area contributed by atoms with E-state index in [1.54, 1.807) is 36.8 Å². The van der Waals surface area contributed by atoms with Crippen LogP contribution in [0.25, 0.3) is 0 Å². The molecular formula is C18H16Cl2N6O. The molecule has 7 nitrogen and oxygen atoms in total. The number of nitrogens with one attached hydrogen (secondary N) is 1. The SMILES string of the molecule is N#C/C(=C/N1CCN(c2ncccn2)CC1)C(=O)Nc1cc(Cl)ccc1Cl. The molecule has 1 fully saturated rings. The van der Waals surface area contributed by atoms with Gasteiger partial charge in [-0.2, -0.15) is 5.26 Å². The first-order valence-corrected chi connectivity index (χ1v) is 8.97. The molecule has 2 heterocycles. The lowest BCUT2D eigenvalue weighted by Crippen LogP contribution is -2.45. The molecule has 1 aliphatic heterocycles. The highest BCUT2D eigenvalue weighted by Gasteiger charge is 2.19. The van der Waals surface area contributed by atoms with Crippen LogP contribution in [0.15, 0.2) is 48.4 Å². The van der Waals surface area contributed by atoms with Gasteiger partial charge < -0.3 is 15.1 Å². The topological polar surface area (TPSA) is 85.2 Å². The van der Waals surface area contributed by atoms with Gasteiger partial charge in [0, 0.05) is 49.8 Å². The molecule has 0 bridgehead atoms. The van der Waals surface area contributed by atoms with E-state index in [0.717, 1.165) is 0 Å². The molecule has 1 aromatic carbocycles. The van der Waals surface area contributed by atoms with Gasteiger partial charge in [0.2, 0.25) is 5.95 Å². The first-order valence-electron chi connectivity index (χ1n) is 8.21. The molecular weight excluding hydrogens is 387 g/mol. The van der Waals surface area contributed by atoms with Gasteiger partial charge >= 0.3 is 0 Å². The molecule has 0 atom stereocenters. The van der Waals surface area contributed by atoms with Gasteiger partial charge in [-0.05, 0) is 24.3 Å². The minimum absolute atomic E-state index is 0.00421. The maximum Gasteiger partial charge on any atom is 0.267 e. The van der Waals surface area contributed by atoms with Crippen molar-refractivity contribution in [2.45, 2.75) is 0 Å². The molecule has 0 spiro atoms. The van der Waals surface area contributed by atoms with Crippen molar-refractivity contribution in [3.8, 4) is 6.07 Å². The van der Waals surface area contributed by atoms with E-state index in [2.05, 4.69) is 20.2 Å². The minimum Gasteiger partial charge on any atom is -0.373 e. The molecule has 27 heavy (non-hydrogen) atoms. The number of rotatable bonds is 4. The van der Waals surface area contributed by atoms with Crippen molar-refractivity contribution in [1.29, 1.82) is 5.26 Å². The number of hydrogen-bond donors (Lipinski definition) is 1. The van der Waals surface area contributed by atoms with Gasteiger partial charge in [0.05, 0.1) is 10.7 Å². The van der Waals surface area contributed by atoms with Gasteiger partial charge in [-0.15, -0.1) is 0 Å². The summed E-state index contributed by atoms with van der Waals surface area (Å²) in [5, 5.41) is 12.8. The Bertz CT molecular complexity index is 888. The number of nitrogens with zero attached hydrogens (tertiary/aromatic N) is 5. The van der Waals surface area contributed by atoms with Crippen LogP contribution in [-0.4, -0.2) is 47.0 Å². The largest absolute Gasteiger partial charge is 0.373 e. The highest BCUT2D eigenvalue weighted by atomic mass is 35.5. The molecule has 1 amide bonds. The van der Waals surface area contributed by atoms with Crippen molar-refractivity contribution in [1.82, 2.24) is 14.9 Å². The van der Waals surface area contributed by atoms with Crippen LogP contribution in [0.2, 0.25) is 10.0 Å². The number of benzene rings is 1. The number of nitriles is 1. The fourth-order valence-corrected chi connectivity index (χ4v) is 2.95. The average Bonchev–Trinajstić information content (AvgIpc) is 2.70. The third-order valence-electron chi connectivity index (χ3n) is 4.00. The number of hydrogen-bond acceptors (Lipinski definition) is 6. The van der Waals surface area contributed by atoms with Gasteiger partial charge in [-0.1, -0.05) is 23.2 Å². The van der Waals surface area contributed by atoms with E-state index in [1.807, 2.05) is 11.0 Å². The first-order chi connectivity index (χ1) is 13.1. The summed E-state index contributed by atoms with van der Waals surface area (Å²) >= 11 is 12.0. The Kier molecular flexibility index (Phi) is 6.12. The van der Waals surface area contributed by atoms with Gasteiger partial charge in [0.25, 0.3) is 5.91 Å². The number of carbonyl (C=O) groups excluding carboxylic acids is 1. The summed E-state index contributed by atoms with van der Waals surface area (Å²) < 4.78 is 0. The third kappa shape index (κ3) is 4.88. The second kappa shape index (κ2) is 8.71. The summed E-state index contributed by atoms with van der Waals surface area (Å²) in [5.74, 6) is 0.144. The molecule has 138 valence electrons. The molecule has 1 N–H and O–H groups in total. The second-order valence-electron chi connectivity index (χ2n) is 5.80. The highest BCUT2D eigenvalue weighted by molar-refractivity contribution is 6.35. The minimum atomic E-state index is -0.532. The predicted molar refractivity (Wildman–Crippen MR) is 105 cm³/mol. The fourth-order valence-electron chi connectivity index (χ4n) is 2.61. The number of carbonyl (C=O) groups is 1. The molecule has 0 aliphatic carbocycles. The van der Waals surface area contributed by atoms with Gasteiger partial charge in [0.15, 0.2) is 0 Å². The fraction of sp³-hybridized carbons (Fsp3) is 0.222. The second-order valence-corrected chi connectivity index (χ2v) is 6.65. The normalized spacial score (nSPS) is 14.6. The Morgan fingerprint density at radius 2 is 1.89 bits per heavy atom. The van der Waals surface area contributed by atoms with E-state index in [0.29, 0.717) is 47.9 Å². The Hall–Kier alpha value is -2.82. The molecule has 1 aromatic heterocycles. The zero-order chi connectivity index (χ0) is 19.2. The molecule has 1 saturated heterocycles. The molecule has 2 aromatic rings. The van der Waals surface area contributed by atoms with Crippen LogP contribution in [0.4, 0.5) is 11.6 Å². The number of amides is 1. The summed E-state index contributed by atoms with van der Waals surface area (Å²) in [7, 11) is 0. The number of piperazine rings is 1. The van der Waals surface area contributed by atoms with Crippen LogP contribution < -0.4 is 10.2 Å².